The largest absolute Gasteiger partial charge is 0.341 e. The number of likely N-dealkylation sites (N-methyl/N-ethyl adjacent to an activating group) is 1. The van der Waals surface area contributed by atoms with Crippen LogP contribution in [0.4, 0.5) is 0 Å². The molecule has 8 heteroatoms. The van der Waals surface area contributed by atoms with Gasteiger partial charge in [0.15, 0.2) is 0 Å². The van der Waals surface area contributed by atoms with E-state index in [1.54, 1.807) is 22.2 Å². The molecule has 27 heavy (non-hydrogen) atoms. The van der Waals surface area contributed by atoms with Gasteiger partial charge in [-0.05, 0) is 51.1 Å². The van der Waals surface area contributed by atoms with Crippen LogP contribution in [0.15, 0.2) is 11.1 Å². The van der Waals surface area contributed by atoms with E-state index >= 15 is 0 Å². The summed E-state index contributed by atoms with van der Waals surface area (Å²) in [6.07, 6.45) is 8.52. The number of nitrogens with zero attached hydrogens (tertiary/aromatic N) is 3. The van der Waals surface area contributed by atoms with E-state index in [1.807, 2.05) is 11.9 Å². The van der Waals surface area contributed by atoms with Crippen molar-refractivity contribution in [2.75, 3.05) is 20.1 Å². The summed E-state index contributed by atoms with van der Waals surface area (Å²) in [6, 6.07) is 0.380. The van der Waals surface area contributed by atoms with Crippen molar-refractivity contribution in [2.45, 2.75) is 57.5 Å². The number of amides is 1. The highest BCUT2D eigenvalue weighted by Gasteiger charge is 2.23. The van der Waals surface area contributed by atoms with Gasteiger partial charge in [0.25, 0.3) is 5.56 Å². The van der Waals surface area contributed by atoms with Gasteiger partial charge in [0.2, 0.25) is 5.91 Å². The molecule has 3 heterocycles. The number of thiophene rings is 1. The summed E-state index contributed by atoms with van der Waals surface area (Å²) in [4.78, 5) is 34.1. The monoisotopic (exact) mass is 410 g/mol. The van der Waals surface area contributed by atoms with Crippen LogP contribution in [0.5, 0.6) is 0 Å². The summed E-state index contributed by atoms with van der Waals surface area (Å²) >= 11 is 1.67. The molecule has 1 aliphatic heterocycles. The Morgan fingerprint density at radius 3 is 2.96 bits per heavy atom. The maximum atomic E-state index is 12.9. The summed E-state index contributed by atoms with van der Waals surface area (Å²) in [5.74, 6) is 0.129. The van der Waals surface area contributed by atoms with Gasteiger partial charge >= 0.3 is 0 Å². The van der Waals surface area contributed by atoms with Crippen LogP contribution in [0, 0.1) is 0 Å². The zero-order valence-electron chi connectivity index (χ0n) is 15.7. The van der Waals surface area contributed by atoms with Crippen LogP contribution in [0.3, 0.4) is 0 Å². The van der Waals surface area contributed by atoms with E-state index in [0.29, 0.717) is 19.0 Å². The van der Waals surface area contributed by atoms with Crippen LogP contribution in [-0.4, -0.2) is 46.5 Å². The molecule has 0 radical (unpaired) electrons. The van der Waals surface area contributed by atoms with Crippen LogP contribution in [-0.2, 0) is 24.2 Å². The quantitative estimate of drug-likeness (QED) is 0.840. The highest BCUT2D eigenvalue weighted by atomic mass is 35.5. The molecule has 1 N–H and O–H groups in total. The van der Waals surface area contributed by atoms with Gasteiger partial charge in [-0.25, -0.2) is 4.98 Å². The number of aromatic nitrogens is 2. The summed E-state index contributed by atoms with van der Waals surface area (Å²) in [5, 5.41) is 4.06. The minimum Gasteiger partial charge on any atom is -0.341 e. The first-order chi connectivity index (χ1) is 12.7. The lowest BCUT2D eigenvalue weighted by Gasteiger charge is -2.32. The molecule has 0 bridgehead atoms. The predicted molar refractivity (Wildman–Crippen MR) is 111 cm³/mol. The summed E-state index contributed by atoms with van der Waals surface area (Å²) < 4.78 is 1.63. The average molecular weight is 411 g/mol. The molecule has 1 unspecified atom stereocenters. The number of aryl methyl sites for hydroxylation is 3. The normalized spacial score (nSPS) is 19.6. The topological polar surface area (TPSA) is 67.2 Å². The third kappa shape index (κ3) is 4.05. The van der Waals surface area contributed by atoms with E-state index in [1.165, 1.54) is 16.9 Å². The Hall–Kier alpha value is -1.44. The first kappa shape index (κ1) is 20.3. The molecule has 1 saturated heterocycles. The minimum absolute atomic E-state index is 0. The molecule has 0 spiro atoms. The lowest BCUT2D eigenvalue weighted by Crippen LogP contribution is -2.47. The zero-order valence-corrected chi connectivity index (χ0v) is 17.3. The number of piperidine rings is 1. The molecule has 148 valence electrons. The maximum Gasteiger partial charge on any atom is 0.262 e. The first-order valence-electron chi connectivity index (χ1n) is 9.62. The Balaban J connectivity index is 0.00000210. The molecular formula is C19H27ClN4O2S. The van der Waals surface area contributed by atoms with E-state index < -0.39 is 0 Å². The van der Waals surface area contributed by atoms with Gasteiger partial charge in [0.1, 0.15) is 4.83 Å². The van der Waals surface area contributed by atoms with Crippen molar-refractivity contribution in [3.8, 4) is 0 Å². The molecule has 2 aromatic heterocycles. The number of rotatable bonds is 4. The fourth-order valence-corrected chi connectivity index (χ4v) is 5.37. The van der Waals surface area contributed by atoms with Crippen molar-refractivity contribution in [3.63, 3.8) is 0 Å². The highest BCUT2D eigenvalue weighted by Crippen LogP contribution is 2.33. The van der Waals surface area contributed by atoms with Crippen molar-refractivity contribution >= 4 is 39.9 Å². The number of carbonyl (C=O) groups is 1. The Morgan fingerprint density at radius 1 is 1.33 bits per heavy atom. The SMILES string of the molecule is CNC1CCCN(C(=O)CCn2cnc3sc4c(c3c2=O)CCCC4)C1.Cl. The van der Waals surface area contributed by atoms with E-state index in [0.717, 1.165) is 55.4 Å². The summed E-state index contributed by atoms with van der Waals surface area (Å²) in [6.45, 7) is 1.99. The van der Waals surface area contributed by atoms with E-state index in [2.05, 4.69) is 10.3 Å². The van der Waals surface area contributed by atoms with Crippen molar-refractivity contribution in [3.05, 3.63) is 27.1 Å². The molecule has 2 aliphatic rings. The second kappa shape index (κ2) is 8.71. The number of nitrogens with one attached hydrogen (secondary N) is 1. The minimum atomic E-state index is 0. The van der Waals surface area contributed by atoms with Crippen LogP contribution in [0.1, 0.15) is 42.5 Å². The molecule has 1 aliphatic carbocycles. The van der Waals surface area contributed by atoms with Crippen LogP contribution < -0.4 is 10.9 Å². The fourth-order valence-electron chi connectivity index (χ4n) is 4.15. The molecule has 6 nitrogen and oxygen atoms in total. The first-order valence-corrected chi connectivity index (χ1v) is 10.4. The number of hydrogen-bond donors (Lipinski definition) is 1. The van der Waals surface area contributed by atoms with Gasteiger partial charge in [-0.2, -0.15) is 0 Å². The molecule has 0 aromatic carbocycles. The molecule has 1 amide bonds. The van der Waals surface area contributed by atoms with Crippen molar-refractivity contribution in [1.82, 2.24) is 19.8 Å². The summed E-state index contributed by atoms with van der Waals surface area (Å²) in [5.41, 5.74) is 1.23. The number of hydrogen-bond acceptors (Lipinski definition) is 5. The maximum absolute atomic E-state index is 12.9. The van der Waals surface area contributed by atoms with E-state index in [9.17, 15) is 9.59 Å². The van der Waals surface area contributed by atoms with Gasteiger partial charge in [0, 0.05) is 37.0 Å². The molecule has 2 aromatic rings. The third-order valence-electron chi connectivity index (χ3n) is 5.69. The lowest BCUT2D eigenvalue weighted by atomic mass is 9.97. The predicted octanol–water partition coefficient (Wildman–Crippen LogP) is 2.36. The number of carbonyl (C=O) groups excluding carboxylic acids is 1. The van der Waals surface area contributed by atoms with Gasteiger partial charge < -0.3 is 10.2 Å². The van der Waals surface area contributed by atoms with Gasteiger partial charge in [-0.3, -0.25) is 14.2 Å². The van der Waals surface area contributed by atoms with Crippen LogP contribution in [0.25, 0.3) is 10.2 Å². The van der Waals surface area contributed by atoms with E-state index in [4.69, 9.17) is 0 Å². The fraction of sp³-hybridized carbons (Fsp3) is 0.632. The molecular weight excluding hydrogens is 384 g/mol. The number of likely N-dealkylation sites (tertiary alicyclic amines) is 1. The van der Waals surface area contributed by atoms with Crippen LogP contribution >= 0.6 is 23.7 Å². The third-order valence-corrected chi connectivity index (χ3v) is 6.89. The highest BCUT2D eigenvalue weighted by molar-refractivity contribution is 7.18. The Bertz CT molecular complexity index is 878. The summed E-state index contributed by atoms with van der Waals surface area (Å²) in [7, 11) is 1.95. The second-order valence-electron chi connectivity index (χ2n) is 7.35. The Labute approximate surface area is 169 Å². The van der Waals surface area contributed by atoms with Crippen LogP contribution in [0.2, 0.25) is 0 Å². The van der Waals surface area contributed by atoms with Gasteiger partial charge in [-0.1, -0.05) is 0 Å². The smallest absolute Gasteiger partial charge is 0.262 e. The second-order valence-corrected chi connectivity index (χ2v) is 8.44. The molecule has 1 fully saturated rings. The number of halogens is 1. The van der Waals surface area contributed by atoms with E-state index in [-0.39, 0.29) is 23.9 Å². The molecule has 4 rings (SSSR count). The van der Waals surface area contributed by atoms with Crippen molar-refractivity contribution in [1.29, 1.82) is 0 Å². The van der Waals surface area contributed by atoms with Gasteiger partial charge in [-0.15, -0.1) is 23.7 Å². The van der Waals surface area contributed by atoms with Crippen molar-refractivity contribution < 1.29 is 4.79 Å². The van der Waals surface area contributed by atoms with Gasteiger partial charge in [0.05, 0.1) is 11.7 Å². The Kier molecular flexibility index (Phi) is 6.55. The average Bonchev–Trinajstić information content (AvgIpc) is 3.06. The standard InChI is InChI=1S/C19H26N4O2S.ClH/c1-20-13-5-4-9-22(11-13)16(24)8-10-23-12-21-18-17(19(23)25)14-6-2-3-7-15(14)26-18;/h12-13,20H,2-11H2,1H3;1H. The number of fused-ring (bicyclic) bond motifs is 3. The van der Waals surface area contributed by atoms with Crippen molar-refractivity contribution in [2.24, 2.45) is 0 Å². The molecule has 1 atom stereocenters. The zero-order chi connectivity index (χ0) is 18.1. The lowest BCUT2D eigenvalue weighted by molar-refractivity contribution is -0.132. The molecule has 0 saturated carbocycles. The Morgan fingerprint density at radius 2 is 2.15 bits per heavy atom.